The Kier molecular flexibility index (Phi) is 4.68. The van der Waals surface area contributed by atoms with Crippen LogP contribution in [0.2, 0.25) is 0 Å². The second kappa shape index (κ2) is 6.15. The average Bonchev–Trinajstić information content (AvgIpc) is 2.42. The number of sulfonamides is 1. The minimum Gasteiger partial charge on any atom is -0.349 e. The highest BCUT2D eigenvalue weighted by atomic mass is 32.2. The lowest BCUT2D eigenvalue weighted by molar-refractivity contribution is 0.0910. The minimum atomic E-state index is -3.72. The summed E-state index contributed by atoms with van der Waals surface area (Å²) < 4.78 is 22.3. The zero-order valence-electron chi connectivity index (χ0n) is 12.4. The van der Waals surface area contributed by atoms with Gasteiger partial charge < -0.3 is 5.32 Å². The van der Waals surface area contributed by atoms with E-state index in [-0.39, 0.29) is 16.8 Å². The van der Waals surface area contributed by atoms with E-state index in [4.69, 9.17) is 5.14 Å². The summed E-state index contributed by atoms with van der Waals surface area (Å²) in [5, 5.41) is 8.06. The van der Waals surface area contributed by atoms with Gasteiger partial charge in [-0.1, -0.05) is 13.8 Å². The summed E-state index contributed by atoms with van der Waals surface area (Å²) in [7, 11) is -3.72. The van der Waals surface area contributed by atoms with Gasteiger partial charge >= 0.3 is 0 Å². The Balaban J connectivity index is 2.01. The van der Waals surface area contributed by atoms with Crippen LogP contribution >= 0.6 is 0 Å². The second-order valence-corrected chi connectivity index (χ2v) is 7.57. The highest BCUT2D eigenvalue weighted by molar-refractivity contribution is 7.89. The molecule has 1 aromatic rings. The molecule has 1 amide bonds. The Morgan fingerprint density at radius 2 is 1.76 bits per heavy atom. The minimum absolute atomic E-state index is 0.0131. The van der Waals surface area contributed by atoms with Crippen LogP contribution in [0.15, 0.2) is 29.2 Å². The van der Waals surface area contributed by atoms with Crippen LogP contribution in [0.3, 0.4) is 0 Å². The van der Waals surface area contributed by atoms with Crippen LogP contribution in [0.5, 0.6) is 0 Å². The molecule has 3 unspecified atom stereocenters. The first-order valence-corrected chi connectivity index (χ1v) is 8.75. The van der Waals surface area contributed by atoms with Gasteiger partial charge in [0.2, 0.25) is 10.0 Å². The molecule has 1 aromatic carbocycles. The third-order valence-corrected chi connectivity index (χ3v) is 5.31. The maximum atomic E-state index is 12.2. The highest BCUT2D eigenvalue weighted by Crippen LogP contribution is 2.29. The third kappa shape index (κ3) is 4.04. The van der Waals surface area contributed by atoms with Gasteiger partial charge in [-0.25, -0.2) is 13.6 Å². The van der Waals surface area contributed by atoms with Gasteiger partial charge in [0.1, 0.15) is 0 Å². The van der Waals surface area contributed by atoms with Crippen molar-refractivity contribution in [1.29, 1.82) is 0 Å². The predicted octanol–water partition coefficient (Wildman–Crippen LogP) is 1.89. The zero-order chi connectivity index (χ0) is 15.6. The lowest BCUT2D eigenvalue weighted by Gasteiger charge is -2.32. The Morgan fingerprint density at radius 1 is 1.14 bits per heavy atom. The number of nitrogens with two attached hydrogens (primary N) is 1. The molecule has 6 heteroatoms. The van der Waals surface area contributed by atoms with Crippen LogP contribution in [-0.4, -0.2) is 20.4 Å². The normalized spacial score (nSPS) is 26.3. The zero-order valence-corrected chi connectivity index (χ0v) is 13.2. The number of hydrogen-bond acceptors (Lipinski definition) is 3. The molecule has 21 heavy (non-hydrogen) atoms. The highest BCUT2D eigenvalue weighted by Gasteiger charge is 2.25. The van der Waals surface area contributed by atoms with Crippen molar-refractivity contribution in [2.24, 2.45) is 17.0 Å². The first-order chi connectivity index (χ1) is 9.77. The number of nitrogens with one attached hydrogen (secondary N) is 1. The third-order valence-electron chi connectivity index (χ3n) is 4.38. The van der Waals surface area contributed by atoms with E-state index in [9.17, 15) is 13.2 Å². The molecule has 3 atom stereocenters. The fraction of sp³-hybridized carbons (Fsp3) is 0.533. The van der Waals surface area contributed by atoms with Gasteiger partial charge in [0.25, 0.3) is 5.91 Å². The molecule has 0 aliphatic heterocycles. The molecule has 1 aliphatic rings. The van der Waals surface area contributed by atoms with Crippen molar-refractivity contribution in [3.63, 3.8) is 0 Å². The Hall–Kier alpha value is -1.40. The molecule has 0 heterocycles. The molecule has 1 saturated carbocycles. The molecule has 0 aromatic heterocycles. The predicted molar refractivity (Wildman–Crippen MR) is 81.2 cm³/mol. The number of benzene rings is 1. The fourth-order valence-electron chi connectivity index (χ4n) is 2.74. The summed E-state index contributed by atoms with van der Waals surface area (Å²) in [4.78, 5) is 12.2. The van der Waals surface area contributed by atoms with Crippen molar-refractivity contribution in [2.75, 3.05) is 0 Å². The van der Waals surface area contributed by atoms with E-state index in [1.165, 1.54) is 24.3 Å². The number of amides is 1. The maximum Gasteiger partial charge on any atom is 0.251 e. The first kappa shape index (κ1) is 16.0. The van der Waals surface area contributed by atoms with E-state index in [2.05, 4.69) is 19.2 Å². The van der Waals surface area contributed by atoms with Crippen LogP contribution in [-0.2, 0) is 10.0 Å². The summed E-state index contributed by atoms with van der Waals surface area (Å²) >= 11 is 0. The number of carbonyl (C=O) groups excluding carboxylic acids is 1. The fourth-order valence-corrected chi connectivity index (χ4v) is 3.26. The van der Waals surface area contributed by atoms with Crippen LogP contribution < -0.4 is 10.5 Å². The van der Waals surface area contributed by atoms with Gasteiger partial charge in [-0.15, -0.1) is 0 Å². The second-order valence-electron chi connectivity index (χ2n) is 6.01. The number of rotatable bonds is 3. The molecule has 2 rings (SSSR count). The number of primary sulfonamides is 1. The van der Waals surface area contributed by atoms with Crippen LogP contribution in [0.1, 0.15) is 43.5 Å². The van der Waals surface area contributed by atoms with Gasteiger partial charge in [0, 0.05) is 11.6 Å². The van der Waals surface area contributed by atoms with Gasteiger partial charge in [-0.2, -0.15) is 0 Å². The molecule has 5 nitrogen and oxygen atoms in total. The topological polar surface area (TPSA) is 89.3 Å². The van der Waals surface area contributed by atoms with E-state index in [0.29, 0.717) is 17.4 Å². The number of hydrogen-bond donors (Lipinski definition) is 2. The molecule has 116 valence electrons. The molecule has 3 N–H and O–H groups in total. The van der Waals surface area contributed by atoms with E-state index in [0.717, 1.165) is 19.3 Å². The molecule has 0 bridgehead atoms. The molecule has 1 fully saturated rings. The summed E-state index contributed by atoms with van der Waals surface area (Å²) in [6, 6.07) is 5.89. The van der Waals surface area contributed by atoms with Gasteiger partial charge in [-0.05, 0) is 55.4 Å². The van der Waals surface area contributed by atoms with Gasteiger partial charge in [0.15, 0.2) is 0 Å². The Morgan fingerprint density at radius 3 is 2.29 bits per heavy atom. The van der Waals surface area contributed by atoms with E-state index in [1.54, 1.807) is 0 Å². The molecule has 0 spiro atoms. The summed E-state index contributed by atoms with van der Waals surface area (Å²) in [6.45, 7) is 4.46. The smallest absolute Gasteiger partial charge is 0.251 e. The number of carbonyl (C=O) groups is 1. The molecular weight excluding hydrogens is 288 g/mol. The SMILES string of the molecule is CC1CCC(NC(=O)c2ccc(S(N)(=O)=O)cc2)CC1C. The van der Waals surface area contributed by atoms with E-state index >= 15 is 0 Å². The molecule has 0 radical (unpaired) electrons. The molecule has 0 saturated heterocycles. The van der Waals surface area contributed by atoms with Crippen molar-refractivity contribution in [3.8, 4) is 0 Å². The monoisotopic (exact) mass is 310 g/mol. The van der Waals surface area contributed by atoms with Crippen LogP contribution in [0.4, 0.5) is 0 Å². The summed E-state index contributed by atoms with van der Waals surface area (Å²) in [6.07, 6.45) is 3.10. The van der Waals surface area contributed by atoms with Crippen molar-refractivity contribution in [1.82, 2.24) is 5.32 Å². The Labute approximate surface area is 126 Å². The summed E-state index contributed by atoms with van der Waals surface area (Å²) in [5.41, 5.74) is 0.452. The van der Waals surface area contributed by atoms with E-state index in [1.807, 2.05) is 0 Å². The van der Waals surface area contributed by atoms with Gasteiger partial charge in [-0.3, -0.25) is 4.79 Å². The standard InChI is InChI=1S/C15H22N2O3S/c1-10-3-6-13(9-11(10)2)17-15(18)12-4-7-14(8-5-12)21(16,19)20/h4-5,7-8,10-11,13H,3,6,9H2,1-2H3,(H,17,18)(H2,16,19,20). The van der Waals surface area contributed by atoms with Crippen molar-refractivity contribution in [3.05, 3.63) is 29.8 Å². The van der Waals surface area contributed by atoms with Crippen LogP contribution in [0.25, 0.3) is 0 Å². The quantitative estimate of drug-likeness (QED) is 0.893. The molecule has 1 aliphatic carbocycles. The summed E-state index contributed by atoms with van der Waals surface area (Å²) in [5.74, 6) is 1.14. The van der Waals surface area contributed by atoms with E-state index < -0.39 is 10.0 Å². The lowest BCUT2D eigenvalue weighted by Crippen LogP contribution is -2.39. The van der Waals surface area contributed by atoms with Crippen molar-refractivity contribution < 1.29 is 13.2 Å². The lowest BCUT2D eigenvalue weighted by atomic mass is 9.79. The maximum absolute atomic E-state index is 12.2. The van der Waals surface area contributed by atoms with Crippen molar-refractivity contribution in [2.45, 2.75) is 44.0 Å². The largest absolute Gasteiger partial charge is 0.349 e. The first-order valence-electron chi connectivity index (χ1n) is 7.21. The average molecular weight is 310 g/mol. The molecular formula is C15H22N2O3S. The van der Waals surface area contributed by atoms with Gasteiger partial charge in [0.05, 0.1) is 4.90 Å². The van der Waals surface area contributed by atoms with Crippen molar-refractivity contribution >= 4 is 15.9 Å². The Bertz CT molecular complexity index is 610. The van der Waals surface area contributed by atoms with Crippen LogP contribution in [0, 0.1) is 11.8 Å².